The summed E-state index contributed by atoms with van der Waals surface area (Å²) < 4.78 is 144. The smallest absolute Gasteiger partial charge is 0.460 e. The van der Waals surface area contributed by atoms with Gasteiger partial charge in [0.15, 0.2) is 0 Å². The molecule has 0 rings (SSSR count). The molecule has 0 unspecified atom stereocenters. The highest BCUT2D eigenvalue weighted by Gasteiger charge is 2.86. The summed E-state index contributed by atoms with van der Waals surface area (Å²) in [6.45, 7) is -2.36. The van der Waals surface area contributed by atoms with E-state index in [4.69, 9.17) is 10.2 Å². The minimum atomic E-state index is -7.59. The SMILES string of the molecule is O=C(CCC(F)(F)C(F)(F)C(F)(F)C(F)(F)C(F)(F)F)OC[C@@H](O)[C@H](O)[C@@H](O)CO. The van der Waals surface area contributed by atoms with Gasteiger partial charge in [0.25, 0.3) is 0 Å². The number of carbonyl (C=O) groups excluding carboxylic acids is 1. The zero-order chi connectivity index (χ0) is 24.3. The minimum Gasteiger partial charge on any atom is -0.463 e. The van der Waals surface area contributed by atoms with E-state index in [9.17, 15) is 63.3 Å². The second-order valence-electron chi connectivity index (χ2n) is 5.92. The predicted molar refractivity (Wildman–Crippen MR) is 71.1 cm³/mol. The van der Waals surface area contributed by atoms with Crippen molar-refractivity contribution < 1.29 is 78.3 Å². The standard InChI is InChI=1S/C13H15F11O6/c14-9(15,10(16,17)11(18,19)12(20,21)13(22,23)24)2-1-7(28)30-4-6(27)8(29)5(26)3-25/h5-6,8,25-27,29H,1-4H2/t5-,6+,8+/m0/s1. The van der Waals surface area contributed by atoms with Crippen LogP contribution in [0.2, 0.25) is 0 Å². The van der Waals surface area contributed by atoms with Crippen LogP contribution in [0.4, 0.5) is 48.3 Å². The number of hydrogen-bond donors (Lipinski definition) is 4. The fraction of sp³-hybridized carbons (Fsp3) is 0.923. The monoisotopic (exact) mass is 476 g/mol. The number of ether oxygens (including phenoxy) is 1. The number of alkyl halides is 11. The summed E-state index contributed by atoms with van der Waals surface area (Å²) in [6, 6.07) is 0. The van der Waals surface area contributed by atoms with Crippen molar-refractivity contribution in [3.63, 3.8) is 0 Å². The summed E-state index contributed by atoms with van der Waals surface area (Å²) in [5.41, 5.74) is 0. The van der Waals surface area contributed by atoms with Crippen LogP contribution in [0.15, 0.2) is 0 Å². The Morgan fingerprint density at radius 3 is 1.63 bits per heavy atom. The molecule has 0 spiro atoms. The van der Waals surface area contributed by atoms with Crippen LogP contribution < -0.4 is 0 Å². The molecule has 180 valence electrons. The van der Waals surface area contributed by atoms with Crippen molar-refractivity contribution >= 4 is 5.97 Å². The number of hydrogen-bond acceptors (Lipinski definition) is 6. The zero-order valence-electron chi connectivity index (χ0n) is 14.3. The molecule has 0 saturated heterocycles. The van der Waals surface area contributed by atoms with Gasteiger partial charge in [-0.15, -0.1) is 0 Å². The van der Waals surface area contributed by atoms with Gasteiger partial charge in [0.05, 0.1) is 13.0 Å². The third kappa shape index (κ3) is 5.61. The van der Waals surface area contributed by atoms with Gasteiger partial charge in [-0.1, -0.05) is 0 Å². The summed E-state index contributed by atoms with van der Waals surface area (Å²) in [5, 5.41) is 35.9. The summed E-state index contributed by atoms with van der Waals surface area (Å²) >= 11 is 0. The van der Waals surface area contributed by atoms with Crippen molar-refractivity contribution in [3.05, 3.63) is 0 Å². The molecule has 17 heteroatoms. The molecule has 0 aromatic carbocycles. The molecule has 0 radical (unpaired) electrons. The van der Waals surface area contributed by atoms with Crippen molar-refractivity contribution in [1.82, 2.24) is 0 Å². The van der Waals surface area contributed by atoms with Crippen LogP contribution in [0.25, 0.3) is 0 Å². The molecule has 0 aromatic heterocycles. The average Bonchev–Trinajstić information content (AvgIpc) is 2.61. The van der Waals surface area contributed by atoms with E-state index < -0.39 is 80.2 Å². The second-order valence-corrected chi connectivity index (χ2v) is 5.92. The Morgan fingerprint density at radius 1 is 0.767 bits per heavy atom. The van der Waals surface area contributed by atoms with E-state index in [-0.39, 0.29) is 0 Å². The molecule has 0 aliphatic rings. The van der Waals surface area contributed by atoms with Crippen LogP contribution in [0, 0.1) is 0 Å². The van der Waals surface area contributed by atoms with Gasteiger partial charge in [-0.25, -0.2) is 0 Å². The van der Waals surface area contributed by atoms with E-state index in [1.165, 1.54) is 0 Å². The average molecular weight is 476 g/mol. The Hall–Kier alpha value is -1.46. The fourth-order valence-corrected chi connectivity index (χ4v) is 1.73. The van der Waals surface area contributed by atoms with Crippen LogP contribution in [-0.2, 0) is 9.53 Å². The summed E-state index contributed by atoms with van der Waals surface area (Å²) in [6.07, 6.45) is -18.1. The van der Waals surface area contributed by atoms with E-state index in [2.05, 4.69) is 4.74 Å². The minimum absolute atomic E-state index is 1.08. The van der Waals surface area contributed by atoms with Gasteiger partial charge in [0, 0.05) is 6.42 Å². The highest BCUT2D eigenvalue weighted by Crippen LogP contribution is 2.58. The Kier molecular flexibility index (Phi) is 8.90. The number of rotatable bonds is 11. The van der Waals surface area contributed by atoms with E-state index in [1.807, 2.05) is 0 Å². The first-order chi connectivity index (χ1) is 13.2. The summed E-state index contributed by atoms with van der Waals surface area (Å²) in [7, 11) is 0. The van der Waals surface area contributed by atoms with Crippen LogP contribution in [0.3, 0.4) is 0 Å². The first-order valence-electron chi connectivity index (χ1n) is 7.56. The highest BCUT2D eigenvalue weighted by molar-refractivity contribution is 5.69. The van der Waals surface area contributed by atoms with Gasteiger partial charge in [-0.2, -0.15) is 48.3 Å². The first-order valence-corrected chi connectivity index (χ1v) is 7.56. The van der Waals surface area contributed by atoms with Gasteiger partial charge >= 0.3 is 35.8 Å². The van der Waals surface area contributed by atoms with E-state index in [0.29, 0.717) is 0 Å². The molecule has 0 aliphatic carbocycles. The lowest BCUT2D eigenvalue weighted by Gasteiger charge is -2.37. The molecule has 0 aliphatic heterocycles. The van der Waals surface area contributed by atoms with E-state index in [1.54, 1.807) is 0 Å². The number of aliphatic hydroxyl groups is 4. The maximum absolute atomic E-state index is 13.4. The molecular formula is C13H15F11O6. The molecular weight excluding hydrogens is 461 g/mol. The molecule has 0 fully saturated rings. The van der Waals surface area contributed by atoms with Crippen LogP contribution in [-0.4, -0.2) is 87.8 Å². The van der Waals surface area contributed by atoms with E-state index in [0.717, 1.165) is 0 Å². The first kappa shape index (κ1) is 28.5. The predicted octanol–water partition coefficient (Wildman–Crippen LogP) is 1.49. The molecule has 4 N–H and O–H groups in total. The van der Waals surface area contributed by atoms with Gasteiger partial charge in [0.1, 0.15) is 24.9 Å². The lowest BCUT2D eigenvalue weighted by Crippen LogP contribution is -2.66. The molecule has 0 saturated carbocycles. The van der Waals surface area contributed by atoms with Gasteiger partial charge < -0.3 is 25.2 Å². The molecule has 0 aromatic rings. The van der Waals surface area contributed by atoms with Crippen LogP contribution in [0.5, 0.6) is 0 Å². The molecule has 30 heavy (non-hydrogen) atoms. The fourth-order valence-electron chi connectivity index (χ4n) is 1.73. The van der Waals surface area contributed by atoms with Crippen LogP contribution in [0.1, 0.15) is 12.8 Å². The Bertz CT molecular complexity index is 580. The van der Waals surface area contributed by atoms with Crippen molar-refractivity contribution in [1.29, 1.82) is 0 Å². The van der Waals surface area contributed by atoms with Crippen molar-refractivity contribution in [2.75, 3.05) is 13.2 Å². The lowest BCUT2D eigenvalue weighted by molar-refractivity contribution is -0.422. The quantitative estimate of drug-likeness (QED) is 0.266. The molecule has 0 amide bonds. The summed E-state index contributed by atoms with van der Waals surface area (Å²) in [4.78, 5) is 11.2. The Labute approximate surface area is 159 Å². The zero-order valence-corrected chi connectivity index (χ0v) is 14.3. The molecule has 3 atom stereocenters. The maximum Gasteiger partial charge on any atom is 0.460 e. The van der Waals surface area contributed by atoms with Crippen molar-refractivity contribution in [2.24, 2.45) is 0 Å². The summed E-state index contributed by atoms with van der Waals surface area (Å²) in [5.74, 6) is -30.6. The largest absolute Gasteiger partial charge is 0.463 e. The Balaban J connectivity index is 5.16. The number of aliphatic hydroxyl groups excluding tert-OH is 4. The number of carbonyl (C=O) groups is 1. The molecule has 0 bridgehead atoms. The molecule has 6 nitrogen and oxygen atoms in total. The van der Waals surface area contributed by atoms with Gasteiger partial charge in [-0.3, -0.25) is 4.79 Å². The number of halogens is 11. The van der Waals surface area contributed by atoms with Crippen molar-refractivity contribution in [3.8, 4) is 0 Å². The lowest BCUT2D eigenvalue weighted by atomic mass is 9.95. The van der Waals surface area contributed by atoms with Crippen molar-refractivity contribution in [2.45, 2.75) is 61.0 Å². The van der Waals surface area contributed by atoms with Gasteiger partial charge in [-0.05, 0) is 0 Å². The number of esters is 1. The van der Waals surface area contributed by atoms with Crippen LogP contribution >= 0.6 is 0 Å². The van der Waals surface area contributed by atoms with Gasteiger partial charge in [0.2, 0.25) is 0 Å². The third-order valence-corrected chi connectivity index (χ3v) is 3.64. The Morgan fingerprint density at radius 2 is 1.23 bits per heavy atom. The van der Waals surface area contributed by atoms with E-state index >= 15 is 0 Å². The topological polar surface area (TPSA) is 107 Å². The second kappa shape index (κ2) is 9.35. The maximum atomic E-state index is 13.4. The highest BCUT2D eigenvalue weighted by atomic mass is 19.4. The normalized spacial score (nSPS) is 17.4. The molecule has 0 heterocycles. The third-order valence-electron chi connectivity index (χ3n) is 3.64.